The van der Waals surface area contributed by atoms with Gasteiger partial charge in [-0.05, 0) is 17.8 Å². The lowest BCUT2D eigenvalue weighted by atomic mass is 9.65. The van der Waals surface area contributed by atoms with Crippen molar-refractivity contribution in [3.05, 3.63) is 35.9 Å². The number of ether oxygens (including phenoxy) is 1. The number of amides is 1. The minimum Gasteiger partial charge on any atom is -0.445 e. The predicted molar refractivity (Wildman–Crippen MR) is 71.0 cm³/mol. The summed E-state index contributed by atoms with van der Waals surface area (Å²) in [6.07, 6.45) is 0.102. The molecular formula is C12H19BN2O3. The van der Waals surface area contributed by atoms with Crippen LogP contribution in [0.2, 0.25) is 5.82 Å². The van der Waals surface area contributed by atoms with E-state index in [-0.39, 0.29) is 12.4 Å². The largest absolute Gasteiger partial charge is 0.445 e. The summed E-state index contributed by atoms with van der Waals surface area (Å²) in [5, 5.41) is 11.1. The van der Waals surface area contributed by atoms with E-state index < -0.39 is 6.09 Å². The van der Waals surface area contributed by atoms with Crippen LogP contribution in [-0.2, 0) is 11.3 Å². The van der Waals surface area contributed by atoms with Gasteiger partial charge in [-0.25, -0.2) is 10.3 Å². The van der Waals surface area contributed by atoms with Crippen molar-refractivity contribution in [2.45, 2.75) is 19.3 Å². The Morgan fingerprint density at radius 1 is 1.44 bits per heavy atom. The first-order valence-corrected chi connectivity index (χ1v) is 6.04. The summed E-state index contributed by atoms with van der Waals surface area (Å²) in [4.78, 5) is 11.4. The van der Waals surface area contributed by atoms with Crippen LogP contribution in [-0.4, -0.2) is 31.6 Å². The zero-order valence-corrected chi connectivity index (χ0v) is 10.6. The van der Waals surface area contributed by atoms with Gasteiger partial charge in [0.1, 0.15) is 13.9 Å². The Morgan fingerprint density at radius 3 is 2.83 bits per heavy atom. The minimum absolute atomic E-state index is 0.277. The van der Waals surface area contributed by atoms with Gasteiger partial charge in [-0.2, -0.15) is 0 Å². The number of hydrogen-bond acceptors (Lipinski definition) is 4. The van der Waals surface area contributed by atoms with Crippen LogP contribution < -0.4 is 10.8 Å². The summed E-state index contributed by atoms with van der Waals surface area (Å²) in [6, 6.07) is 9.53. The van der Waals surface area contributed by atoms with Crippen LogP contribution in [0.4, 0.5) is 4.79 Å². The van der Waals surface area contributed by atoms with Gasteiger partial charge < -0.3 is 15.3 Å². The maximum Gasteiger partial charge on any atom is 0.407 e. The molecule has 0 aliphatic heterocycles. The van der Waals surface area contributed by atoms with Crippen molar-refractivity contribution < 1.29 is 14.7 Å². The molecule has 0 saturated carbocycles. The summed E-state index contributed by atoms with van der Waals surface area (Å²) in [5.41, 5.74) is 3.05. The molecule has 0 aromatic heterocycles. The normalized spacial score (nSPS) is 11.7. The maximum absolute atomic E-state index is 11.4. The smallest absolute Gasteiger partial charge is 0.407 e. The highest BCUT2D eigenvalue weighted by atomic mass is 16.5. The molecule has 3 N–H and O–H groups in total. The van der Waals surface area contributed by atoms with E-state index in [1.165, 1.54) is 0 Å². The lowest BCUT2D eigenvalue weighted by molar-refractivity contribution is 0.139. The van der Waals surface area contributed by atoms with Crippen LogP contribution in [0.25, 0.3) is 0 Å². The quantitative estimate of drug-likeness (QED) is 0.500. The van der Waals surface area contributed by atoms with Crippen molar-refractivity contribution in [3.63, 3.8) is 0 Å². The molecular weight excluding hydrogens is 231 g/mol. The Morgan fingerprint density at radius 2 is 2.17 bits per heavy atom. The number of benzene rings is 1. The summed E-state index contributed by atoms with van der Waals surface area (Å²) in [7, 11) is 0.787. The fraction of sp³-hybridized carbons (Fsp3) is 0.417. The lowest BCUT2D eigenvalue weighted by Gasteiger charge is -2.11. The molecule has 1 amide bonds. The fourth-order valence-electron chi connectivity index (χ4n) is 1.44. The number of hydrogen-bond donors (Lipinski definition) is 3. The third kappa shape index (κ3) is 6.27. The highest BCUT2D eigenvalue weighted by molar-refractivity contribution is 6.37. The topological polar surface area (TPSA) is 70.6 Å². The van der Waals surface area contributed by atoms with Gasteiger partial charge >= 0.3 is 6.09 Å². The van der Waals surface area contributed by atoms with Crippen molar-refractivity contribution in [2.24, 2.45) is 0 Å². The van der Waals surface area contributed by atoms with E-state index in [1.54, 1.807) is 0 Å². The number of carbonyl (C=O) groups is 1. The molecule has 1 atom stereocenters. The molecule has 0 fully saturated rings. The highest BCUT2D eigenvalue weighted by Crippen LogP contribution is 2.01. The number of carbonyl (C=O) groups excluding carboxylic acids is 1. The van der Waals surface area contributed by atoms with Gasteiger partial charge in [0.05, 0.1) is 0 Å². The minimum atomic E-state index is -0.414. The van der Waals surface area contributed by atoms with Crippen molar-refractivity contribution in [1.29, 1.82) is 0 Å². The van der Waals surface area contributed by atoms with Crippen LogP contribution in [0.1, 0.15) is 12.5 Å². The summed E-state index contributed by atoms with van der Waals surface area (Å²) in [5.74, 6) is 0.286. The second-order valence-electron chi connectivity index (χ2n) is 4.24. The summed E-state index contributed by atoms with van der Waals surface area (Å²) >= 11 is 0. The van der Waals surface area contributed by atoms with Gasteiger partial charge in [0, 0.05) is 6.54 Å². The average molecular weight is 250 g/mol. The second-order valence-corrected chi connectivity index (χ2v) is 4.24. The van der Waals surface area contributed by atoms with E-state index in [1.807, 2.05) is 37.3 Å². The van der Waals surface area contributed by atoms with Crippen LogP contribution in [0.5, 0.6) is 0 Å². The van der Waals surface area contributed by atoms with Gasteiger partial charge in [-0.1, -0.05) is 37.3 Å². The highest BCUT2D eigenvalue weighted by Gasteiger charge is 2.07. The second kappa shape index (κ2) is 8.55. The van der Waals surface area contributed by atoms with E-state index >= 15 is 0 Å². The Balaban J connectivity index is 2.14. The van der Waals surface area contributed by atoms with E-state index in [9.17, 15) is 4.79 Å². The molecule has 1 rings (SSSR count). The van der Waals surface area contributed by atoms with Gasteiger partial charge in [-0.15, -0.1) is 0 Å². The molecule has 0 spiro atoms. The molecule has 0 aliphatic rings. The van der Waals surface area contributed by atoms with E-state index in [4.69, 9.17) is 9.94 Å². The number of nitrogens with one attached hydrogen (secondary N) is 2. The molecule has 6 heteroatoms. The van der Waals surface area contributed by atoms with Crippen LogP contribution in [0, 0.1) is 0 Å². The van der Waals surface area contributed by atoms with E-state index in [0.29, 0.717) is 13.0 Å². The van der Waals surface area contributed by atoms with Crippen molar-refractivity contribution in [2.75, 3.05) is 13.0 Å². The zero-order valence-electron chi connectivity index (χ0n) is 10.6. The van der Waals surface area contributed by atoms with Crippen molar-refractivity contribution >= 4 is 13.4 Å². The number of rotatable bonds is 7. The molecule has 0 heterocycles. The average Bonchev–Trinajstić information content (AvgIpc) is 2.41. The SMILES string of the molecule is C[C@@H](BCNO)CNC(=O)OCc1ccccc1. The Kier molecular flexibility index (Phi) is 6.90. The van der Waals surface area contributed by atoms with E-state index in [0.717, 1.165) is 12.8 Å². The molecule has 0 bridgehead atoms. The van der Waals surface area contributed by atoms with Crippen LogP contribution in [0.3, 0.4) is 0 Å². The standard InChI is InChI=1S/C12H19BN2O3/c1-10(13-9-15-17)7-14-12(16)18-8-11-5-3-2-4-6-11/h2-6,10,13,15,17H,7-9H2,1H3,(H,14,16)/t10-/m1/s1. The monoisotopic (exact) mass is 250 g/mol. The third-order valence-electron chi connectivity index (χ3n) is 2.56. The molecule has 0 unspecified atom stereocenters. The summed E-state index contributed by atoms with van der Waals surface area (Å²) in [6.45, 7) is 2.81. The molecule has 1 aromatic rings. The first kappa shape index (κ1) is 14.5. The number of alkyl carbamates (subject to hydrolysis) is 1. The zero-order chi connectivity index (χ0) is 13.2. The van der Waals surface area contributed by atoms with Gasteiger partial charge in [-0.3, -0.25) is 0 Å². The van der Waals surface area contributed by atoms with Gasteiger partial charge in [0.2, 0.25) is 0 Å². The Bertz CT molecular complexity index is 348. The van der Waals surface area contributed by atoms with Crippen LogP contribution >= 0.6 is 0 Å². The fourth-order valence-corrected chi connectivity index (χ4v) is 1.44. The molecule has 0 saturated heterocycles. The van der Waals surface area contributed by atoms with Crippen molar-refractivity contribution in [1.82, 2.24) is 10.8 Å². The Labute approximate surface area is 108 Å². The van der Waals surface area contributed by atoms with Crippen LogP contribution in [0.15, 0.2) is 30.3 Å². The molecule has 0 radical (unpaired) electrons. The molecule has 0 aliphatic carbocycles. The molecule has 18 heavy (non-hydrogen) atoms. The van der Waals surface area contributed by atoms with Crippen molar-refractivity contribution in [3.8, 4) is 0 Å². The molecule has 5 nitrogen and oxygen atoms in total. The van der Waals surface area contributed by atoms with Gasteiger partial charge in [0.25, 0.3) is 0 Å². The van der Waals surface area contributed by atoms with E-state index in [2.05, 4.69) is 10.8 Å². The first-order chi connectivity index (χ1) is 8.72. The Hall–Kier alpha value is -1.53. The molecule has 1 aromatic carbocycles. The number of hydroxylamine groups is 1. The predicted octanol–water partition coefficient (Wildman–Crippen LogP) is 1.09. The van der Waals surface area contributed by atoms with Gasteiger partial charge in [0.15, 0.2) is 0 Å². The first-order valence-electron chi connectivity index (χ1n) is 6.04. The third-order valence-corrected chi connectivity index (χ3v) is 2.56. The maximum atomic E-state index is 11.4. The lowest BCUT2D eigenvalue weighted by Crippen LogP contribution is -2.30. The summed E-state index contributed by atoms with van der Waals surface area (Å²) < 4.78 is 5.07. The molecule has 98 valence electrons.